The van der Waals surface area contributed by atoms with Crippen molar-refractivity contribution in [2.24, 2.45) is 0 Å². The van der Waals surface area contributed by atoms with Gasteiger partial charge in [-0.3, -0.25) is 0 Å². The number of nitrogens with zero attached hydrogens (tertiary/aromatic N) is 6. The van der Waals surface area contributed by atoms with Crippen LogP contribution in [-0.4, -0.2) is 33.4 Å². The summed E-state index contributed by atoms with van der Waals surface area (Å²) in [6, 6.07) is 2.28. The minimum Gasteiger partial charge on any atom is -0.353 e. The molecule has 24 heavy (non-hydrogen) atoms. The van der Waals surface area contributed by atoms with Crippen LogP contribution in [0.1, 0.15) is 67.1 Å². The molecule has 0 N–H and O–H groups in total. The lowest BCUT2D eigenvalue weighted by Gasteiger charge is -2.32. The van der Waals surface area contributed by atoms with Gasteiger partial charge in [-0.1, -0.05) is 19.0 Å². The number of rotatable bonds is 3. The van der Waals surface area contributed by atoms with Gasteiger partial charge in [-0.2, -0.15) is 15.3 Å². The van der Waals surface area contributed by atoms with Crippen molar-refractivity contribution in [3.05, 3.63) is 28.5 Å². The van der Waals surface area contributed by atoms with Gasteiger partial charge in [0, 0.05) is 24.9 Å². The summed E-state index contributed by atoms with van der Waals surface area (Å²) in [4.78, 5) is 6.65. The summed E-state index contributed by atoms with van der Waals surface area (Å²) in [6.45, 7) is 9.45. The van der Waals surface area contributed by atoms with Crippen molar-refractivity contribution in [2.45, 2.75) is 52.4 Å². The smallest absolute Gasteiger partial charge is 0.229 e. The Balaban J connectivity index is 1.86. The second-order valence-electron chi connectivity index (χ2n) is 6.65. The Labute approximate surface area is 141 Å². The number of hydrogen-bond donors (Lipinski definition) is 0. The van der Waals surface area contributed by atoms with Crippen molar-refractivity contribution in [1.29, 1.82) is 5.26 Å². The lowest BCUT2D eigenvalue weighted by atomic mass is 9.96. The van der Waals surface area contributed by atoms with Crippen LogP contribution in [0.2, 0.25) is 0 Å². The molecule has 0 aliphatic carbocycles. The third kappa shape index (κ3) is 2.96. The van der Waals surface area contributed by atoms with Crippen molar-refractivity contribution in [2.75, 3.05) is 18.0 Å². The number of anilines is 1. The molecule has 2 aromatic rings. The molecule has 0 amide bonds. The van der Waals surface area contributed by atoms with E-state index in [1.54, 1.807) is 0 Å². The first kappa shape index (κ1) is 16.4. The Bertz CT molecular complexity index is 776. The summed E-state index contributed by atoms with van der Waals surface area (Å²) in [6.07, 6.45) is 2.00. The van der Waals surface area contributed by atoms with Gasteiger partial charge in [-0.25, -0.2) is 0 Å². The summed E-state index contributed by atoms with van der Waals surface area (Å²) in [7, 11) is 0. The highest BCUT2D eigenvalue weighted by Crippen LogP contribution is 2.30. The number of aromatic nitrogens is 4. The maximum Gasteiger partial charge on any atom is 0.229 e. The largest absolute Gasteiger partial charge is 0.353 e. The van der Waals surface area contributed by atoms with Crippen molar-refractivity contribution in [1.82, 2.24) is 20.3 Å². The monoisotopic (exact) mass is 326 g/mol. The molecular weight excluding hydrogens is 304 g/mol. The fourth-order valence-electron chi connectivity index (χ4n) is 2.98. The molecule has 1 atom stereocenters. The number of nitriles is 1. The second-order valence-corrected chi connectivity index (χ2v) is 6.65. The Hall–Kier alpha value is -2.49. The van der Waals surface area contributed by atoms with E-state index in [1.165, 1.54) is 0 Å². The van der Waals surface area contributed by atoms with E-state index >= 15 is 0 Å². The highest BCUT2D eigenvalue weighted by Gasteiger charge is 2.28. The fraction of sp³-hybridized carbons (Fsp3) is 0.588. The van der Waals surface area contributed by atoms with Crippen LogP contribution < -0.4 is 4.90 Å². The molecule has 3 heterocycles. The molecule has 3 rings (SSSR count). The Morgan fingerprint density at radius 1 is 1.29 bits per heavy atom. The average molecular weight is 326 g/mol. The van der Waals surface area contributed by atoms with Crippen LogP contribution in [0.5, 0.6) is 0 Å². The van der Waals surface area contributed by atoms with Gasteiger partial charge in [-0.05, 0) is 32.3 Å². The SMILES string of the molecule is Cc1nnc(N2CCC[C@H](c3noc(C(C)C)n3)C2)c(C#N)c1C. The molecule has 0 spiro atoms. The molecule has 0 aromatic carbocycles. The first-order valence-corrected chi connectivity index (χ1v) is 8.33. The van der Waals surface area contributed by atoms with E-state index in [1.807, 2.05) is 27.7 Å². The summed E-state index contributed by atoms with van der Waals surface area (Å²) < 4.78 is 5.34. The van der Waals surface area contributed by atoms with Crippen LogP contribution in [0.15, 0.2) is 4.52 Å². The zero-order valence-corrected chi connectivity index (χ0v) is 14.6. The third-order valence-electron chi connectivity index (χ3n) is 4.59. The molecular formula is C17H22N6O. The molecule has 0 saturated carbocycles. The molecule has 1 saturated heterocycles. The molecule has 0 unspecified atom stereocenters. The lowest BCUT2D eigenvalue weighted by molar-refractivity contribution is 0.354. The van der Waals surface area contributed by atoms with Crippen LogP contribution in [0, 0.1) is 25.2 Å². The molecule has 1 fully saturated rings. The van der Waals surface area contributed by atoms with Crippen molar-refractivity contribution < 1.29 is 4.52 Å². The summed E-state index contributed by atoms with van der Waals surface area (Å²) in [5.41, 5.74) is 2.30. The molecule has 0 radical (unpaired) electrons. The van der Waals surface area contributed by atoms with E-state index in [2.05, 4.69) is 31.3 Å². The van der Waals surface area contributed by atoms with Gasteiger partial charge in [0.25, 0.3) is 0 Å². The average Bonchev–Trinajstić information content (AvgIpc) is 3.07. The van der Waals surface area contributed by atoms with E-state index in [-0.39, 0.29) is 11.8 Å². The van der Waals surface area contributed by atoms with Gasteiger partial charge in [-0.15, -0.1) is 5.10 Å². The third-order valence-corrected chi connectivity index (χ3v) is 4.59. The first-order chi connectivity index (χ1) is 11.5. The van der Waals surface area contributed by atoms with Crippen LogP contribution in [0.3, 0.4) is 0 Å². The van der Waals surface area contributed by atoms with Gasteiger partial charge < -0.3 is 9.42 Å². The predicted octanol–water partition coefficient (Wildman–Crippen LogP) is 2.86. The quantitative estimate of drug-likeness (QED) is 0.856. The van der Waals surface area contributed by atoms with Crippen molar-refractivity contribution >= 4 is 5.82 Å². The van der Waals surface area contributed by atoms with Crippen molar-refractivity contribution in [3.8, 4) is 6.07 Å². The van der Waals surface area contributed by atoms with Crippen LogP contribution in [-0.2, 0) is 0 Å². The molecule has 7 nitrogen and oxygen atoms in total. The number of piperidine rings is 1. The minimum absolute atomic E-state index is 0.185. The molecule has 1 aliphatic heterocycles. The van der Waals surface area contributed by atoms with Gasteiger partial charge >= 0.3 is 0 Å². The zero-order valence-electron chi connectivity index (χ0n) is 14.6. The van der Waals surface area contributed by atoms with E-state index in [4.69, 9.17) is 4.52 Å². The molecule has 7 heteroatoms. The maximum atomic E-state index is 9.52. The summed E-state index contributed by atoms with van der Waals surface area (Å²) >= 11 is 0. The topological polar surface area (TPSA) is 91.7 Å². The van der Waals surface area contributed by atoms with Gasteiger partial charge in [0.05, 0.1) is 5.69 Å². The highest BCUT2D eigenvalue weighted by molar-refractivity contribution is 5.57. The normalized spacial score (nSPS) is 18.0. The van der Waals surface area contributed by atoms with Crippen LogP contribution in [0.25, 0.3) is 0 Å². The zero-order chi connectivity index (χ0) is 17.3. The highest BCUT2D eigenvalue weighted by atomic mass is 16.5. The van der Waals surface area contributed by atoms with E-state index in [9.17, 15) is 5.26 Å². The summed E-state index contributed by atoms with van der Waals surface area (Å²) in [5.74, 6) is 2.49. The molecule has 126 valence electrons. The van der Waals surface area contributed by atoms with Gasteiger partial charge in [0.2, 0.25) is 5.89 Å². The standard InChI is InChI=1S/C17H22N6O/c1-10(2)17-19-15(22-24-17)13-6-5-7-23(9-13)16-14(8-18)11(3)12(4)20-21-16/h10,13H,5-7,9H2,1-4H3/t13-/m0/s1. The molecule has 0 bridgehead atoms. The molecule has 1 aliphatic rings. The number of hydrogen-bond acceptors (Lipinski definition) is 7. The predicted molar refractivity (Wildman–Crippen MR) is 88.8 cm³/mol. The van der Waals surface area contributed by atoms with Crippen LogP contribution in [0.4, 0.5) is 5.82 Å². The minimum atomic E-state index is 0.185. The lowest BCUT2D eigenvalue weighted by Crippen LogP contribution is -2.36. The van der Waals surface area contributed by atoms with E-state index < -0.39 is 0 Å². The Kier molecular flexibility index (Phi) is 4.47. The van der Waals surface area contributed by atoms with Gasteiger partial charge in [0.1, 0.15) is 11.6 Å². The maximum absolute atomic E-state index is 9.52. The number of aryl methyl sites for hydroxylation is 1. The van der Waals surface area contributed by atoms with E-state index in [0.29, 0.717) is 17.3 Å². The van der Waals surface area contributed by atoms with Gasteiger partial charge in [0.15, 0.2) is 11.6 Å². The second kappa shape index (κ2) is 6.56. The van der Waals surface area contributed by atoms with Crippen LogP contribution >= 0.6 is 0 Å². The van der Waals surface area contributed by atoms with E-state index in [0.717, 1.165) is 43.0 Å². The Morgan fingerprint density at radius 2 is 2.08 bits per heavy atom. The first-order valence-electron chi connectivity index (χ1n) is 8.33. The Morgan fingerprint density at radius 3 is 2.75 bits per heavy atom. The summed E-state index contributed by atoms with van der Waals surface area (Å²) in [5, 5.41) is 22.1. The molecule has 2 aromatic heterocycles. The fourth-order valence-corrected chi connectivity index (χ4v) is 2.98. The van der Waals surface area contributed by atoms with Crippen molar-refractivity contribution in [3.63, 3.8) is 0 Å².